The Balaban J connectivity index is 2.86. The van der Waals surface area contributed by atoms with Crippen molar-refractivity contribution in [1.82, 2.24) is 0 Å². The molecule has 0 unspecified atom stereocenters. The van der Waals surface area contributed by atoms with Gasteiger partial charge in [0.25, 0.3) is 23.7 Å². The highest BCUT2D eigenvalue weighted by molar-refractivity contribution is 5.40. The summed E-state index contributed by atoms with van der Waals surface area (Å²) < 4.78 is 106. The van der Waals surface area contributed by atoms with Crippen molar-refractivity contribution in [3.05, 3.63) is 29.8 Å². The number of nitrogen functional groups attached to an aromatic ring is 1. The second-order valence-corrected chi connectivity index (χ2v) is 5.64. The van der Waals surface area contributed by atoms with Crippen LogP contribution in [0.3, 0.4) is 0 Å². The summed E-state index contributed by atoms with van der Waals surface area (Å²) in [7, 11) is 0. The summed E-state index contributed by atoms with van der Waals surface area (Å²) in [6.07, 6.45) is -6.73. The Morgan fingerprint density at radius 3 is 1.61 bits per heavy atom. The molecular weight excluding hydrogens is 334 g/mol. The van der Waals surface area contributed by atoms with Crippen LogP contribution in [-0.2, 0) is 5.92 Å². The maximum absolute atomic E-state index is 13.8. The summed E-state index contributed by atoms with van der Waals surface area (Å²) in [4.78, 5) is 0. The summed E-state index contributed by atoms with van der Waals surface area (Å²) in [6, 6.07) is 3.69. The molecule has 0 aliphatic heterocycles. The number of benzene rings is 1. The third-order valence-electron chi connectivity index (χ3n) is 2.90. The van der Waals surface area contributed by atoms with Crippen LogP contribution < -0.4 is 5.73 Å². The molecule has 23 heavy (non-hydrogen) atoms. The Hall–Kier alpha value is -1.54. The van der Waals surface area contributed by atoms with Crippen LogP contribution in [0.2, 0.25) is 0 Å². The molecule has 0 aromatic heterocycles. The highest BCUT2D eigenvalue weighted by Crippen LogP contribution is 2.45. The van der Waals surface area contributed by atoms with Crippen molar-refractivity contribution >= 4 is 5.69 Å². The summed E-state index contributed by atoms with van der Waals surface area (Å²) in [5.41, 5.74) is 4.57. The molecule has 1 rings (SSSR count). The van der Waals surface area contributed by atoms with E-state index >= 15 is 0 Å². The van der Waals surface area contributed by atoms with Crippen LogP contribution >= 0.6 is 0 Å². The van der Waals surface area contributed by atoms with Crippen molar-refractivity contribution < 1.29 is 35.1 Å². The summed E-state index contributed by atoms with van der Waals surface area (Å²) in [5, 5.41) is 0. The van der Waals surface area contributed by atoms with Crippen LogP contribution in [0.15, 0.2) is 24.3 Å². The first kappa shape index (κ1) is 19.5. The van der Waals surface area contributed by atoms with Crippen molar-refractivity contribution in [2.45, 2.75) is 49.9 Å². The maximum Gasteiger partial charge on any atom is 0.278 e. The first-order valence-corrected chi connectivity index (χ1v) is 6.49. The van der Waals surface area contributed by atoms with E-state index in [1.807, 2.05) is 0 Å². The predicted octanol–water partition coefficient (Wildman–Crippen LogP) is 5.46. The molecule has 132 valence electrons. The van der Waals surface area contributed by atoms with Gasteiger partial charge in [-0.05, 0) is 19.1 Å². The molecule has 0 fully saturated rings. The van der Waals surface area contributed by atoms with Crippen LogP contribution in [0.25, 0.3) is 0 Å². The smallest absolute Gasteiger partial charge is 0.278 e. The number of nitrogens with two attached hydrogens (primary N) is 1. The van der Waals surface area contributed by atoms with E-state index in [0.29, 0.717) is 0 Å². The predicted molar refractivity (Wildman–Crippen MR) is 69.1 cm³/mol. The molecule has 1 aromatic rings. The molecule has 0 radical (unpaired) electrons. The van der Waals surface area contributed by atoms with Gasteiger partial charge in [0, 0.05) is 11.3 Å². The van der Waals surface area contributed by atoms with Crippen molar-refractivity contribution in [3.63, 3.8) is 0 Å². The largest absolute Gasteiger partial charge is 0.399 e. The molecule has 0 bridgehead atoms. The van der Waals surface area contributed by atoms with E-state index < -0.39 is 48.5 Å². The zero-order valence-electron chi connectivity index (χ0n) is 12.0. The quantitative estimate of drug-likeness (QED) is 0.514. The molecular formula is C14H15F8N. The fourth-order valence-corrected chi connectivity index (χ4v) is 2.11. The molecule has 0 spiro atoms. The SMILES string of the molecule is CC(F)(F)CC(F)(F)CC(F)(F)CC(F)(F)c1ccc(N)cc1. The van der Waals surface area contributed by atoms with Gasteiger partial charge in [-0.1, -0.05) is 12.1 Å². The van der Waals surface area contributed by atoms with Crippen LogP contribution in [0, 0.1) is 0 Å². The van der Waals surface area contributed by atoms with Gasteiger partial charge >= 0.3 is 0 Å². The molecule has 0 atom stereocenters. The second kappa shape index (κ2) is 6.16. The van der Waals surface area contributed by atoms with Crippen LogP contribution in [0.5, 0.6) is 0 Å². The van der Waals surface area contributed by atoms with E-state index in [2.05, 4.69) is 0 Å². The number of rotatable bonds is 7. The average molecular weight is 349 g/mol. The number of halogens is 8. The maximum atomic E-state index is 13.8. The highest BCUT2D eigenvalue weighted by Gasteiger charge is 2.52. The van der Waals surface area contributed by atoms with Gasteiger partial charge < -0.3 is 5.73 Å². The Morgan fingerprint density at radius 1 is 0.739 bits per heavy atom. The normalized spacial score (nSPS) is 14.1. The monoisotopic (exact) mass is 349 g/mol. The van der Waals surface area contributed by atoms with E-state index in [9.17, 15) is 35.1 Å². The highest BCUT2D eigenvalue weighted by atomic mass is 19.3. The minimum atomic E-state index is -4.53. The Labute approximate surface area is 127 Å². The number of anilines is 1. The summed E-state index contributed by atoms with van der Waals surface area (Å²) >= 11 is 0. The number of hydrogen-bond acceptors (Lipinski definition) is 1. The Bertz CT molecular complexity index is 519. The molecule has 9 heteroatoms. The second-order valence-electron chi connectivity index (χ2n) is 5.64. The van der Waals surface area contributed by atoms with E-state index in [0.717, 1.165) is 24.3 Å². The third-order valence-corrected chi connectivity index (χ3v) is 2.90. The van der Waals surface area contributed by atoms with Crippen molar-refractivity contribution in [3.8, 4) is 0 Å². The summed E-state index contributed by atoms with van der Waals surface area (Å²) in [6.45, 7) is 0.141. The minimum Gasteiger partial charge on any atom is -0.399 e. The Kier molecular flexibility index (Phi) is 5.23. The van der Waals surface area contributed by atoms with E-state index in [-0.39, 0.29) is 12.6 Å². The number of alkyl halides is 8. The molecule has 0 aliphatic carbocycles. The van der Waals surface area contributed by atoms with Crippen molar-refractivity contribution in [2.24, 2.45) is 0 Å². The lowest BCUT2D eigenvalue weighted by Crippen LogP contribution is -2.36. The van der Waals surface area contributed by atoms with Gasteiger partial charge in [0.05, 0.1) is 19.3 Å². The van der Waals surface area contributed by atoms with E-state index in [1.54, 1.807) is 0 Å². The molecule has 2 N–H and O–H groups in total. The Morgan fingerprint density at radius 2 is 1.17 bits per heavy atom. The van der Waals surface area contributed by atoms with Crippen LogP contribution in [0.4, 0.5) is 40.8 Å². The van der Waals surface area contributed by atoms with Gasteiger partial charge in [-0.2, -0.15) is 0 Å². The topological polar surface area (TPSA) is 26.0 Å². The van der Waals surface area contributed by atoms with Gasteiger partial charge in [-0.15, -0.1) is 0 Å². The van der Waals surface area contributed by atoms with Gasteiger partial charge in [0.1, 0.15) is 0 Å². The molecule has 0 amide bonds. The molecule has 0 saturated heterocycles. The molecule has 0 saturated carbocycles. The van der Waals surface area contributed by atoms with Gasteiger partial charge in [-0.25, -0.2) is 35.1 Å². The minimum absolute atomic E-state index is 0.119. The van der Waals surface area contributed by atoms with Crippen LogP contribution in [-0.4, -0.2) is 17.8 Å². The molecule has 1 nitrogen and oxygen atoms in total. The third kappa shape index (κ3) is 6.62. The van der Waals surface area contributed by atoms with Crippen molar-refractivity contribution in [2.75, 3.05) is 5.73 Å². The fourth-order valence-electron chi connectivity index (χ4n) is 2.11. The molecule has 1 aromatic carbocycles. The van der Waals surface area contributed by atoms with Gasteiger partial charge in [0.2, 0.25) is 0 Å². The van der Waals surface area contributed by atoms with E-state index in [4.69, 9.17) is 5.73 Å². The lowest BCUT2D eigenvalue weighted by molar-refractivity contribution is -0.178. The zero-order chi connectivity index (χ0) is 18.1. The van der Waals surface area contributed by atoms with Gasteiger partial charge in [0.15, 0.2) is 0 Å². The lowest BCUT2D eigenvalue weighted by Gasteiger charge is -2.28. The summed E-state index contributed by atoms with van der Waals surface area (Å²) in [5.74, 6) is -17.0. The van der Waals surface area contributed by atoms with Crippen LogP contribution in [0.1, 0.15) is 31.7 Å². The fraction of sp³-hybridized carbons (Fsp3) is 0.571. The molecule has 0 aliphatic rings. The molecule has 0 heterocycles. The standard InChI is InChI=1S/C14H15F8N/c1-11(15,16)6-12(17,18)7-13(19,20)8-14(21,22)9-2-4-10(23)5-3-9/h2-5H,6-8,23H2,1H3. The number of hydrogen-bond donors (Lipinski definition) is 1. The first-order chi connectivity index (χ1) is 10.1. The zero-order valence-corrected chi connectivity index (χ0v) is 12.0. The van der Waals surface area contributed by atoms with Crippen molar-refractivity contribution in [1.29, 1.82) is 0 Å². The van der Waals surface area contributed by atoms with E-state index in [1.165, 1.54) is 0 Å². The lowest BCUT2D eigenvalue weighted by atomic mass is 9.96. The average Bonchev–Trinajstić information content (AvgIpc) is 2.21. The first-order valence-electron chi connectivity index (χ1n) is 6.49. The van der Waals surface area contributed by atoms with Gasteiger partial charge in [-0.3, -0.25) is 0 Å².